The molecule has 0 amide bonds. The number of allylic oxidation sites excluding steroid dienone is 1. The molecular weight excluding hydrogens is 164 g/mol. The Hall–Kier alpha value is -0.760. The molecule has 0 radical (unpaired) electrons. The lowest BCUT2D eigenvalue weighted by Gasteiger charge is -1.96. The van der Waals surface area contributed by atoms with Gasteiger partial charge in [0.25, 0.3) is 0 Å². The fourth-order valence-electron chi connectivity index (χ4n) is 0.496. The largest absolute Gasteiger partial charge is 0.473 e. The summed E-state index contributed by atoms with van der Waals surface area (Å²) in [5, 5.41) is 0. The zero-order chi connectivity index (χ0) is 7.82. The molecule has 0 heterocycles. The Kier molecular flexibility index (Phi) is 30.4. The van der Waals surface area contributed by atoms with Crippen molar-refractivity contribution < 1.29 is 9.47 Å². The van der Waals surface area contributed by atoms with Crippen LogP contribution in [0.5, 0.6) is 0 Å². The summed E-state index contributed by atoms with van der Waals surface area (Å²) < 4.78 is 9.84. The van der Waals surface area contributed by atoms with Gasteiger partial charge in [-0.1, -0.05) is 28.4 Å². The SMILES string of the molecule is C.C.C.CC=CO/C=C(/C)COC. The molecular formula is C11H26O2. The molecule has 0 atom stereocenters. The van der Waals surface area contributed by atoms with Crippen LogP contribution in [-0.4, -0.2) is 13.7 Å². The van der Waals surface area contributed by atoms with E-state index in [1.165, 1.54) is 0 Å². The Morgan fingerprint density at radius 3 is 2.15 bits per heavy atom. The summed E-state index contributed by atoms with van der Waals surface area (Å²) in [6, 6.07) is 0. The lowest BCUT2D eigenvalue weighted by atomic mass is 10.4. The van der Waals surface area contributed by atoms with E-state index in [1.807, 2.05) is 19.9 Å². The van der Waals surface area contributed by atoms with E-state index in [0.717, 1.165) is 5.57 Å². The predicted octanol–water partition coefficient (Wildman–Crippen LogP) is 4.00. The zero-order valence-corrected chi connectivity index (χ0v) is 6.76. The van der Waals surface area contributed by atoms with Crippen LogP contribution in [0.1, 0.15) is 36.1 Å². The van der Waals surface area contributed by atoms with Crippen molar-refractivity contribution in [1.29, 1.82) is 0 Å². The standard InChI is InChI=1S/C8H14O2.3CH4/c1-4-5-10-7-8(2)6-9-3;;;/h4-5,7H,6H2,1-3H3;3*1H4/b5-4?,8-7-;;;. The second-order valence-corrected chi connectivity index (χ2v) is 2.00. The van der Waals surface area contributed by atoms with Gasteiger partial charge >= 0.3 is 0 Å². The Balaban J connectivity index is -0.000000135. The van der Waals surface area contributed by atoms with E-state index >= 15 is 0 Å². The number of ether oxygens (including phenoxy) is 2. The average molecular weight is 190 g/mol. The third-order valence-electron chi connectivity index (χ3n) is 0.856. The lowest BCUT2D eigenvalue weighted by Crippen LogP contribution is -1.89. The first-order valence-electron chi connectivity index (χ1n) is 3.22. The van der Waals surface area contributed by atoms with Crippen LogP contribution in [0.2, 0.25) is 0 Å². The summed E-state index contributed by atoms with van der Waals surface area (Å²) in [5.41, 5.74) is 1.07. The molecule has 0 aromatic rings. The van der Waals surface area contributed by atoms with Gasteiger partial charge < -0.3 is 9.47 Å². The van der Waals surface area contributed by atoms with Gasteiger partial charge in [-0.3, -0.25) is 0 Å². The predicted molar refractivity (Wildman–Crippen MR) is 61.7 cm³/mol. The molecule has 0 N–H and O–H groups in total. The second kappa shape index (κ2) is 17.4. The monoisotopic (exact) mass is 190 g/mol. The average Bonchev–Trinajstić information content (AvgIpc) is 1.89. The Labute approximate surface area is 84.3 Å². The van der Waals surface area contributed by atoms with Crippen LogP contribution in [0.15, 0.2) is 24.2 Å². The van der Waals surface area contributed by atoms with Gasteiger partial charge in [0.15, 0.2) is 0 Å². The first-order chi connectivity index (χ1) is 4.81. The molecule has 0 aromatic heterocycles. The van der Waals surface area contributed by atoms with Crippen molar-refractivity contribution in [2.75, 3.05) is 13.7 Å². The van der Waals surface area contributed by atoms with Crippen LogP contribution < -0.4 is 0 Å². The third kappa shape index (κ3) is 18.3. The van der Waals surface area contributed by atoms with Crippen molar-refractivity contribution in [3.8, 4) is 0 Å². The van der Waals surface area contributed by atoms with E-state index < -0.39 is 0 Å². The minimum Gasteiger partial charge on any atom is -0.473 e. The Morgan fingerprint density at radius 1 is 1.23 bits per heavy atom. The van der Waals surface area contributed by atoms with Gasteiger partial charge in [0.2, 0.25) is 0 Å². The highest BCUT2D eigenvalue weighted by atomic mass is 16.5. The molecule has 0 bridgehead atoms. The minimum absolute atomic E-state index is 0. The van der Waals surface area contributed by atoms with E-state index in [-0.39, 0.29) is 22.3 Å². The summed E-state index contributed by atoms with van der Waals surface area (Å²) in [4.78, 5) is 0. The highest BCUT2D eigenvalue weighted by molar-refractivity contribution is 4.93. The molecule has 0 unspecified atom stereocenters. The van der Waals surface area contributed by atoms with Gasteiger partial charge in [0.05, 0.1) is 19.1 Å². The molecule has 0 saturated heterocycles. The summed E-state index contributed by atoms with van der Waals surface area (Å²) in [7, 11) is 1.66. The number of hydrogen-bond donors (Lipinski definition) is 0. The summed E-state index contributed by atoms with van der Waals surface area (Å²) in [6.45, 7) is 4.48. The van der Waals surface area contributed by atoms with E-state index in [1.54, 1.807) is 19.6 Å². The second-order valence-electron chi connectivity index (χ2n) is 2.00. The minimum atomic E-state index is 0. The van der Waals surface area contributed by atoms with E-state index in [9.17, 15) is 0 Å². The Bertz CT molecular complexity index is 126. The van der Waals surface area contributed by atoms with Crippen LogP contribution in [0.4, 0.5) is 0 Å². The number of rotatable bonds is 4. The maximum atomic E-state index is 4.97. The maximum Gasteiger partial charge on any atom is 0.0913 e. The molecule has 0 spiro atoms. The van der Waals surface area contributed by atoms with Crippen molar-refractivity contribution in [2.45, 2.75) is 36.1 Å². The normalized spacial score (nSPS) is 9.62. The molecule has 2 heteroatoms. The first-order valence-corrected chi connectivity index (χ1v) is 3.22. The maximum absolute atomic E-state index is 4.97. The summed E-state index contributed by atoms with van der Waals surface area (Å²) in [5.74, 6) is 0. The topological polar surface area (TPSA) is 18.5 Å². The highest BCUT2D eigenvalue weighted by Crippen LogP contribution is 1.93. The van der Waals surface area contributed by atoms with E-state index in [0.29, 0.717) is 6.61 Å². The van der Waals surface area contributed by atoms with Crippen molar-refractivity contribution in [3.05, 3.63) is 24.2 Å². The molecule has 0 rings (SSSR count). The van der Waals surface area contributed by atoms with Gasteiger partial charge in [-0.25, -0.2) is 0 Å². The fraction of sp³-hybridized carbons (Fsp3) is 0.636. The fourth-order valence-corrected chi connectivity index (χ4v) is 0.496. The molecule has 0 aliphatic carbocycles. The molecule has 0 fully saturated rings. The van der Waals surface area contributed by atoms with Crippen molar-refractivity contribution in [2.24, 2.45) is 0 Å². The third-order valence-corrected chi connectivity index (χ3v) is 0.856. The van der Waals surface area contributed by atoms with Crippen LogP contribution in [0.25, 0.3) is 0 Å². The van der Waals surface area contributed by atoms with Crippen LogP contribution >= 0.6 is 0 Å². The van der Waals surface area contributed by atoms with Crippen molar-refractivity contribution in [3.63, 3.8) is 0 Å². The zero-order valence-electron chi connectivity index (χ0n) is 6.76. The lowest BCUT2D eigenvalue weighted by molar-refractivity contribution is 0.222. The van der Waals surface area contributed by atoms with Crippen molar-refractivity contribution >= 4 is 0 Å². The highest BCUT2D eigenvalue weighted by Gasteiger charge is 1.84. The first kappa shape index (κ1) is 22.8. The van der Waals surface area contributed by atoms with Crippen LogP contribution in [-0.2, 0) is 9.47 Å². The van der Waals surface area contributed by atoms with Crippen molar-refractivity contribution in [1.82, 2.24) is 0 Å². The molecule has 0 saturated carbocycles. The van der Waals surface area contributed by atoms with Crippen LogP contribution in [0.3, 0.4) is 0 Å². The number of methoxy groups -OCH3 is 1. The summed E-state index contributed by atoms with van der Waals surface area (Å²) in [6.07, 6.45) is 5.12. The van der Waals surface area contributed by atoms with E-state index in [4.69, 9.17) is 9.47 Å². The molecule has 82 valence electrons. The van der Waals surface area contributed by atoms with Gasteiger partial charge in [0.1, 0.15) is 0 Å². The summed E-state index contributed by atoms with van der Waals surface area (Å²) >= 11 is 0. The quantitative estimate of drug-likeness (QED) is 0.624. The van der Waals surface area contributed by atoms with Gasteiger partial charge in [-0.2, -0.15) is 0 Å². The molecule has 13 heavy (non-hydrogen) atoms. The molecule has 0 aromatic carbocycles. The van der Waals surface area contributed by atoms with Gasteiger partial charge in [-0.05, 0) is 19.4 Å². The molecule has 0 aliphatic heterocycles. The Morgan fingerprint density at radius 2 is 1.77 bits per heavy atom. The van der Waals surface area contributed by atoms with E-state index in [2.05, 4.69) is 0 Å². The van der Waals surface area contributed by atoms with Gasteiger partial charge in [-0.15, -0.1) is 0 Å². The molecule has 0 aliphatic rings. The van der Waals surface area contributed by atoms with Crippen LogP contribution in [0, 0.1) is 0 Å². The smallest absolute Gasteiger partial charge is 0.0913 e. The van der Waals surface area contributed by atoms with Gasteiger partial charge in [0, 0.05) is 7.11 Å². The molecule has 2 nitrogen and oxygen atoms in total. The number of hydrogen-bond acceptors (Lipinski definition) is 2.